The van der Waals surface area contributed by atoms with Gasteiger partial charge < -0.3 is 10.3 Å². The largest absolute Gasteiger partial charge is 0.350 e. The zero-order valence-corrected chi connectivity index (χ0v) is 15.4. The number of benzene rings is 1. The molecule has 1 heterocycles. The molecular weight excluding hydrogens is 328 g/mol. The van der Waals surface area contributed by atoms with E-state index in [2.05, 4.69) is 34.2 Å². The van der Waals surface area contributed by atoms with Crippen LogP contribution in [0.5, 0.6) is 0 Å². The van der Waals surface area contributed by atoms with E-state index in [0.29, 0.717) is 12.4 Å². The van der Waals surface area contributed by atoms with E-state index < -0.39 is 5.56 Å². The number of hydrogen-bond acceptors (Lipinski definition) is 4. The number of hydrogen-bond donors (Lipinski definition) is 2. The summed E-state index contributed by atoms with van der Waals surface area (Å²) in [6.45, 7) is 3.61. The van der Waals surface area contributed by atoms with Crippen LogP contribution in [0.3, 0.4) is 0 Å². The second-order valence-electron chi connectivity index (χ2n) is 6.97. The van der Waals surface area contributed by atoms with Gasteiger partial charge in [-0.15, -0.1) is 0 Å². The Morgan fingerprint density at radius 1 is 1.27 bits per heavy atom. The molecule has 2 aromatic rings. The Hall–Kier alpha value is -2.47. The third kappa shape index (κ3) is 3.70. The summed E-state index contributed by atoms with van der Waals surface area (Å²) in [5, 5.41) is 2.96. The van der Waals surface area contributed by atoms with Gasteiger partial charge in [0.05, 0.1) is 0 Å². The van der Waals surface area contributed by atoms with Gasteiger partial charge in [0.1, 0.15) is 11.4 Å². The first-order chi connectivity index (χ1) is 12.6. The Balaban J connectivity index is 1.73. The van der Waals surface area contributed by atoms with Crippen LogP contribution in [0.1, 0.15) is 43.0 Å². The predicted octanol–water partition coefficient (Wildman–Crippen LogP) is 2.43. The van der Waals surface area contributed by atoms with Crippen molar-refractivity contribution in [2.75, 3.05) is 20.1 Å². The van der Waals surface area contributed by atoms with E-state index in [1.54, 1.807) is 0 Å². The van der Waals surface area contributed by atoms with Gasteiger partial charge in [-0.25, -0.2) is 4.98 Å². The number of aromatic nitrogens is 2. The number of aromatic amines is 1. The molecular formula is C20H26N4O2. The minimum atomic E-state index is -0.416. The highest BCUT2D eigenvalue weighted by molar-refractivity contribution is 5.93. The molecule has 6 heteroatoms. The van der Waals surface area contributed by atoms with Gasteiger partial charge in [-0.1, -0.05) is 50.1 Å². The highest BCUT2D eigenvalue weighted by Crippen LogP contribution is 2.33. The summed E-state index contributed by atoms with van der Waals surface area (Å²) in [6.07, 6.45) is 5.85. The number of likely N-dealkylation sites (N-methyl/N-ethyl adjacent to an activating group) is 1. The molecule has 0 unspecified atom stereocenters. The molecule has 1 aromatic heterocycles. The number of carbonyl (C=O) groups is 1. The molecule has 6 nitrogen and oxygen atoms in total. The van der Waals surface area contributed by atoms with E-state index in [0.717, 1.165) is 24.9 Å². The van der Waals surface area contributed by atoms with E-state index in [1.165, 1.54) is 19.0 Å². The van der Waals surface area contributed by atoms with E-state index in [9.17, 15) is 9.59 Å². The number of nitrogens with one attached hydrogen (secondary N) is 2. The van der Waals surface area contributed by atoms with Crippen molar-refractivity contribution in [1.82, 2.24) is 20.2 Å². The monoisotopic (exact) mass is 354 g/mol. The molecule has 0 atom stereocenters. The van der Waals surface area contributed by atoms with Gasteiger partial charge >= 0.3 is 0 Å². The average molecular weight is 354 g/mol. The minimum absolute atomic E-state index is 0.00538. The third-order valence-electron chi connectivity index (χ3n) is 5.49. The third-order valence-corrected chi connectivity index (χ3v) is 5.49. The molecule has 1 fully saturated rings. The maximum atomic E-state index is 12.5. The number of amides is 1. The van der Waals surface area contributed by atoms with Gasteiger partial charge in [0.25, 0.3) is 11.5 Å². The van der Waals surface area contributed by atoms with Crippen molar-refractivity contribution >= 4 is 5.91 Å². The second-order valence-corrected chi connectivity index (χ2v) is 6.97. The fourth-order valence-electron chi connectivity index (χ4n) is 3.70. The van der Waals surface area contributed by atoms with Gasteiger partial charge in [-0.05, 0) is 26.4 Å². The van der Waals surface area contributed by atoms with Gasteiger partial charge in [0.2, 0.25) is 0 Å². The maximum absolute atomic E-state index is 12.5. The Morgan fingerprint density at radius 2 is 1.96 bits per heavy atom. The highest BCUT2D eigenvalue weighted by atomic mass is 16.2. The van der Waals surface area contributed by atoms with E-state index in [1.807, 2.05) is 30.3 Å². The summed E-state index contributed by atoms with van der Waals surface area (Å²) in [7, 11) is 2.10. The zero-order valence-electron chi connectivity index (χ0n) is 15.4. The molecule has 1 saturated carbocycles. The number of carbonyl (C=O) groups excluding carboxylic acids is 1. The lowest BCUT2D eigenvalue weighted by atomic mass is 9.95. The minimum Gasteiger partial charge on any atom is -0.350 e. The molecule has 2 N–H and O–H groups in total. The summed E-state index contributed by atoms with van der Waals surface area (Å²) in [5.41, 5.74) is 0.442. The lowest BCUT2D eigenvalue weighted by molar-refractivity contribution is 0.0873. The van der Waals surface area contributed by atoms with Gasteiger partial charge in [0.15, 0.2) is 0 Å². The molecule has 0 saturated heterocycles. The molecule has 1 aliphatic rings. The Bertz CT molecular complexity index is 810. The van der Waals surface area contributed by atoms with Gasteiger partial charge in [-0.3, -0.25) is 14.5 Å². The number of rotatable bonds is 6. The molecule has 1 amide bonds. The van der Waals surface area contributed by atoms with E-state index in [-0.39, 0.29) is 17.0 Å². The quantitative estimate of drug-likeness (QED) is 0.835. The highest BCUT2D eigenvalue weighted by Gasteiger charge is 2.37. The molecule has 3 rings (SSSR count). The maximum Gasteiger partial charge on any atom is 0.264 e. The molecule has 0 bridgehead atoms. The Kier molecular flexibility index (Phi) is 5.52. The van der Waals surface area contributed by atoms with Gasteiger partial charge in [-0.2, -0.15) is 0 Å². The summed E-state index contributed by atoms with van der Waals surface area (Å²) >= 11 is 0. The van der Waals surface area contributed by atoms with Crippen LogP contribution in [0.15, 0.2) is 41.3 Å². The molecule has 1 aromatic carbocycles. The SMILES string of the molecule is CCN(C)C1(CNC(=O)c2cnc(-c3ccccc3)[nH]c2=O)CCCC1. The standard InChI is InChI=1S/C20H26N4O2/c1-3-24(2)20(11-7-8-12-20)14-22-18(25)16-13-21-17(23-19(16)26)15-9-5-4-6-10-15/h4-6,9-10,13H,3,7-8,11-12,14H2,1-2H3,(H,22,25)(H,21,23,26). The van der Waals surface area contributed by atoms with E-state index in [4.69, 9.17) is 0 Å². The van der Waals surface area contributed by atoms with Crippen molar-refractivity contribution in [3.05, 3.63) is 52.4 Å². The van der Waals surface area contributed by atoms with Crippen molar-refractivity contribution in [2.45, 2.75) is 38.1 Å². The van der Waals surface area contributed by atoms with Crippen molar-refractivity contribution in [3.8, 4) is 11.4 Å². The average Bonchev–Trinajstić information content (AvgIpc) is 3.16. The predicted molar refractivity (Wildman–Crippen MR) is 102 cm³/mol. The summed E-state index contributed by atoms with van der Waals surface area (Å²) in [5.74, 6) is 0.0965. The number of nitrogens with zero attached hydrogens (tertiary/aromatic N) is 2. The molecule has 0 spiro atoms. The zero-order chi connectivity index (χ0) is 18.6. The van der Waals surface area contributed by atoms with E-state index >= 15 is 0 Å². The van der Waals surface area contributed by atoms with Crippen LogP contribution >= 0.6 is 0 Å². The van der Waals surface area contributed by atoms with Crippen molar-refractivity contribution in [3.63, 3.8) is 0 Å². The Labute approximate surface area is 153 Å². The number of H-pyrrole nitrogens is 1. The summed E-state index contributed by atoms with van der Waals surface area (Å²) in [6, 6.07) is 9.38. The topological polar surface area (TPSA) is 78.1 Å². The molecule has 138 valence electrons. The lowest BCUT2D eigenvalue weighted by Crippen LogP contribution is -2.52. The van der Waals surface area contributed by atoms with Crippen LogP contribution in [-0.4, -0.2) is 46.5 Å². The molecule has 1 aliphatic carbocycles. The van der Waals surface area contributed by atoms with Crippen LogP contribution in [0, 0.1) is 0 Å². The molecule has 0 radical (unpaired) electrons. The lowest BCUT2D eigenvalue weighted by Gasteiger charge is -2.38. The van der Waals surface area contributed by atoms with Crippen LogP contribution in [-0.2, 0) is 0 Å². The van der Waals surface area contributed by atoms with Crippen LogP contribution in [0.2, 0.25) is 0 Å². The fourth-order valence-corrected chi connectivity index (χ4v) is 3.70. The fraction of sp³-hybridized carbons (Fsp3) is 0.450. The molecule has 0 aliphatic heterocycles. The normalized spacial score (nSPS) is 16.0. The smallest absolute Gasteiger partial charge is 0.264 e. The van der Waals surface area contributed by atoms with Crippen LogP contribution < -0.4 is 10.9 Å². The summed E-state index contributed by atoms with van der Waals surface area (Å²) in [4.78, 5) is 34.2. The van der Waals surface area contributed by atoms with Crippen molar-refractivity contribution in [2.24, 2.45) is 0 Å². The first-order valence-electron chi connectivity index (χ1n) is 9.20. The first kappa shape index (κ1) is 18.3. The summed E-state index contributed by atoms with van der Waals surface area (Å²) < 4.78 is 0. The van der Waals surface area contributed by atoms with Crippen LogP contribution in [0.4, 0.5) is 0 Å². The second kappa shape index (κ2) is 7.83. The van der Waals surface area contributed by atoms with Crippen molar-refractivity contribution in [1.29, 1.82) is 0 Å². The van der Waals surface area contributed by atoms with Crippen molar-refractivity contribution < 1.29 is 4.79 Å². The first-order valence-corrected chi connectivity index (χ1v) is 9.20. The van der Waals surface area contributed by atoms with Gasteiger partial charge in [0, 0.05) is 23.8 Å². The molecule has 26 heavy (non-hydrogen) atoms. The Morgan fingerprint density at radius 3 is 2.58 bits per heavy atom. The van der Waals surface area contributed by atoms with Crippen LogP contribution in [0.25, 0.3) is 11.4 Å².